The molecule has 1 amide bonds. The predicted molar refractivity (Wildman–Crippen MR) is 84.3 cm³/mol. The second kappa shape index (κ2) is 6.11. The number of hydrogen-bond donors (Lipinski definition) is 2. The highest BCUT2D eigenvalue weighted by Crippen LogP contribution is 2.31. The average molecular weight is 339 g/mol. The molecule has 0 bridgehead atoms. The number of carbonyl (C=O) groups is 1. The lowest BCUT2D eigenvalue weighted by molar-refractivity contribution is -0.117. The van der Waals surface area contributed by atoms with Gasteiger partial charge in [0.05, 0.1) is 17.9 Å². The summed E-state index contributed by atoms with van der Waals surface area (Å²) >= 11 is 3.47. The number of nitrogens with one attached hydrogen (secondary N) is 2. The Kier molecular flexibility index (Phi) is 4.24. The van der Waals surface area contributed by atoms with Gasteiger partial charge in [-0.05, 0) is 18.2 Å². The van der Waals surface area contributed by atoms with Crippen LogP contribution >= 0.6 is 15.9 Å². The number of fused-ring (bicyclic) bond motifs is 1. The number of benzene rings is 1. The predicted octanol–water partition coefficient (Wildman–Crippen LogP) is 1.11. The zero-order chi connectivity index (χ0) is 13.9. The van der Waals surface area contributed by atoms with E-state index in [9.17, 15) is 4.79 Å². The third kappa shape index (κ3) is 2.97. The lowest BCUT2D eigenvalue weighted by atomic mass is 10.2. The highest BCUT2D eigenvalue weighted by molar-refractivity contribution is 9.10. The first-order valence-corrected chi connectivity index (χ1v) is 7.80. The molecule has 0 unspecified atom stereocenters. The largest absolute Gasteiger partial charge is 0.374 e. The van der Waals surface area contributed by atoms with Crippen molar-refractivity contribution in [2.75, 3.05) is 56.0 Å². The third-order valence-electron chi connectivity index (χ3n) is 3.83. The molecule has 1 saturated heterocycles. The summed E-state index contributed by atoms with van der Waals surface area (Å²) in [6.07, 6.45) is 0. The Morgan fingerprint density at radius 1 is 1.20 bits per heavy atom. The zero-order valence-electron chi connectivity index (χ0n) is 11.4. The lowest BCUT2D eigenvalue weighted by Crippen LogP contribution is -2.48. The van der Waals surface area contributed by atoms with Gasteiger partial charge >= 0.3 is 0 Å². The van der Waals surface area contributed by atoms with Crippen molar-refractivity contribution < 1.29 is 4.79 Å². The van der Waals surface area contributed by atoms with Gasteiger partial charge in [-0.1, -0.05) is 15.9 Å². The van der Waals surface area contributed by atoms with Gasteiger partial charge in [0.15, 0.2) is 0 Å². The summed E-state index contributed by atoms with van der Waals surface area (Å²) in [5.74, 6) is 0.148. The number of anilines is 2. The summed E-state index contributed by atoms with van der Waals surface area (Å²) in [5, 5.41) is 6.52. The first kappa shape index (κ1) is 13.9. The van der Waals surface area contributed by atoms with Crippen molar-refractivity contribution in [3.05, 3.63) is 22.7 Å². The fourth-order valence-electron chi connectivity index (χ4n) is 2.71. The molecule has 0 atom stereocenters. The van der Waals surface area contributed by atoms with Crippen LogP contribution < -0.4 is 15.5 Å². The Morgan fingerprint density at radius 3 is 2.80 bits per heavy atom. The maximum Gasteiger partial charge on any atom is 0.246 e. The first-order chi connectivity index (χ1) is 9.74. The SMILES string of the molecule is O=C1CNc2cc(Br)ccc2N1CCN1CCNCC1. The highest BCUT2D eigenvalue weighted by atomic mass is 79.9. The molecule has 2 aliphatic heterocycles. The molecule has 5 nitrogen and oxygen atoms in total. The molecule has 1 aromatic rings. The minimum Gasteiger partial charge on any atom is -0.374 e. The number of carbonyl (C=O) groups excluding carboxylic acids is 1. The Balaban J connectivity index is 1.70. The first-order valence-electron chi connectivity index (χ1n) is 7.01. The van der Waals surface area contributed by atoms with E-state index in [0.29, 0.717) is 6.54 Å². The number of hydrogen-bond acceptors (Lipinski definition) is 4. The van der Waals surface area contributed by atoms with E-state index in [1.54, 1.807) is 0 Å². The summed E-state index contributed by atoms with van der Waals surface area (Å²) in [5.41, 5.74) is 2.01. The van der Waals surface area contributed by atoms with E-state index in [1.807, 2.05) is 23.1 Å². The van der Waals surface area contributed by atoms with Gasteiger partial charge in [-0.3, -0.25) is 9.69 Å². The molecule has 0 aromatic heterocycles. The average Bonchev–Trinajstić information content (AvgIpc) is 2.47. The second-order valence-corrected chi connectivity index (χ2v) is 6.07. The molecular weight excluding hydrogens is 320 g/mol. The van der Waals surface area contributed by atoms with Gasteiger partial charge in [-0.25, -0.2) is 0 Å². The fraction of sp³-hybridized carbons (Fsp3) is 0.500. The molecular formula is C14H19BrN4O. The highest BCUT2D eigenvalue weighted by Gasteiger charge is 2.24. The van der Waals surface area contributed by atoms with E-state index in [-0.39, 0.29) is 5.91 Å². The van der Waals surface area contributed by atoms with Crippen LogP contribution in [0.4, 0.5) is 11.4 Å². The number of halogens is 1. The van der Waals surface area contributed by atoms with Gasteiger partial charge in [0, 0.05) is 43.7 Å². The van der Waals surface area contributed by atoms with Crippen molar-refractivity contribution in [2.45, 2.75) is 0 Å². The summed E-state index contributed by atoms with van der Waals surface area (Å²) in [7, 11) is 0. The van der Waals surface area contributed by atoms with Crippen LogP contribution in [-0.4, -0.2) is 56.6 Å². The van der Waals surface area contributed by atoms with Crippen LogP contribution in [0, 0.1) is 0 Å². The van der Waals surface area contributed by atoms with Crippen molar-refractivity contribution in [3.63, 3.8) is 0 Å². The molecule has 2 heterocycles. The maximum atomic E-state index is 12.1. The zero-order valence-corrected chi connectivity index (χ0v) is 12.9. The smallest absolute Gasteiger partial charge is 0.246 e. The summed E-state index contributed by atoms with van der Waals surface area (Å²) in [6, 6.07) is 6.01. The van der Waals surface area contributed by atoms with E-state index in [2.05, 4.69) is 31.5 Å². The van der Waals surface area contributed by atoms with Crippen molar-refractivity contribution in [3.8, 4) is 0 Å². The number of piperazine rings is 1. The number of nitrogens with zero attached hydrogens (tertiary/aromatic N) is 2. The molecule has 6 heteroatoms. The van der Waals surface area contributed by atoms with Gasteiger partial charge in [0.25, 0.3) is 0 Å². The Labute approximate surface area is 127 Å². The fourth-order valence-corrected chi connectivity index (χ4v) is 3.07. The van der Waals surface area contributed by atoms with Crippen molar-refractivity contribution in [2.24, 2.45) is 0 Å². The molecule has 1 aromatic carbocycles. The van der Waals surface area contributed by atoms with Gasteiger partial charge in [0.1, 0.15) is 0 Å². The van der Waals surface area contributed by atoms with Gasteiger partial charge < -0.3 is 15.5 Å². The Bertz CT molecular complexity index is 502. The van der Waals surface area contributed by atoms with Crippen LogP contribution in [0.3, 0.4) is 0 Å². The lowest BCUT2D eigenvalue weighted by Gasteiger charge is -2.33. The number of amides is 1. The van der Waals surface area contributed by atoms with E-state index >= 15 is 0 Å². The summed E-state index contributed by atoms with van der Waals surface area (Å²) < 4.78 is 1.03. The molecule has 0 radical (unpaired) electrons. The third-order valence-corrected chi connectivity index (χ3v) is 4.32. The van der Waals surface area contributed by atoms with Crippen molar-refractivity contribution >= 4 is 33.2 Å². The van der Waals surface area contributed by atoms with E-state index in [0.717, 1.165) is 55.1 Å². The van der Waals surface area contributed by atoms with Crippen LogP contribution in [-0.2, 0) is 4.79 Å². The van der Waals surface area contributed by atoms with Crippen LogP contribution in [0.15, 0.2) is 22.7 Å². The second-order valence-electron chi connectivity index (χ2n) is 5.15. The van der Waals surface area contributed by atoms with Gasteiger partial charge in [-0.2, -0.15) is 0 Å². The van der Waals surface area contributed by atoms with Crippen LogP contribution in [0.1, 0.15) is 0 Å². The minimum atomic E-state index is 0.148. The minimum absolute atomic E-state index is 0.148. The van der Waals surface area contributed by atoms with E-state index in [4.69, 9.17) is 0 Å². The molecule has 0 aliphatic carbocycles. The monoisotopic (exact) mass is 338 g/mol. The number of rotatable bonds is 3. The van der Waals surface area contributed by atoms with Crippen LogP contribution in [0.2, 0.25) is 0 Å². The summed E-state index contributed by atoms with van der Waals surface area (Å²) in [6.45, 7) is 6.28. The molecule has 3 rings (SSSR count). The quantitative estimate of drug-likeness (QED) is 0.866. The topological polar surface area (TPSA) is 47.6 Å². The Hall–Kier alpha value is -1.11. The van der Waals surface area contributed by atoms with Gasteiger partial charge in [-0.15, -0.1) is 0 Å². The van der Waals surface area contributed by atoms with Crippen LogP contribution in [0.5, 0.6) is 0 Å². The maximum absolute atomic E-state index is 12.1. The van der Waals surface area contributed by atoms with Gasteiger partial charge in [0.2, 0.25) is 5.91 Å². The van der Waals surface area contributed by atoms with E-state index in [1.165, 1.54) is 0 Å². The normalized spacial score (nSPS) is 19.6. The standard InChI is InChI=1S/C14H19BrN4O/c15-11-1-2-13-12(9-11)17-10-14(20)19(13)8-7-18-5-3-16-4-6-18/h1-2,9,16-17H,3-8,10H2. The molecule has 108 valence electrons. The molecule has 2 aliphatic rings. The Morgan fingerprint density at radius 2 is 2.00 bits per heavy atom. The molecule has 2 N–H and O–H groups in total. The molecule has 20 heavy (non-hydrogen) atoms. The molecule has 0 saturated carbocycles. The van der Waals surface area contributed by atoms with Crippen molar-refractivity contribution in [1.29, 1.82) is 0 Å². The molecule has 1 fully saturated rings. The van der Waals surface area contributed by atoms with Crippen molar-refractivity contribution in [1.82, 2.24) is 10.2 Å². The molecule has 0 spiro atoms. The van der Waals surface area contributed by atoms with E-state index < -0.39 is 0 Å². The summed E-state index contributed by atoms with van der Waals surface area (Å²) in [4.78, 5) is 16.4. The van der Waals surface area contributed by atoms with Crippen LogP contribution in [0.25, 0.3) is 0 Å².